The third-order valence-electron chi connectivity index (χ3n) is 3.29. The zero-order valence-electron chi connectivity index (χ0n) is 12.4. The summed E-state index contributed by atoms with van der Waals surface area (Å²) < 4.78 is 6.17. The molecule has 1 aromatic rings. The maximum Gasteiger partial charge on any atom is 0.338 e. The van der Waals surface area contributed by atoms with Crippen molar-refractivity contribution in [1.29, 1.82) is 0 Å². The Kier molecular flexibility index (Phi) is 9.38. The van der Waals surface area contributed by atoms with Crippen LogP contribution in [0, 0.1) is 0 Å². The molecule has 1 aromatic carbocycles. The zero-order valence-corrected chi connectivity index (χ0v) is 14.0. The molecule has 0 aromatic heterocycles. The van der Waals surface area contributed by atoms with Gasteiger partial charge in [0.2, 0.25) is 0 Å². The first-order valence-corrected chi connectivity index (χ1v) is 8.46. The molecule has 0 aliphatic rings. The standard InChI is InChI=1S/C17H25BrO2/c1-2-3-4-5-6-7-8-9-13-20-17(19)15-11-10-12-16(18)14-15/h10-12,14H,2-9,13H2,1H3. The van der Waals surface area contributed by atoms with Crippen LogP contribution >= 0.6 is 15.9 Å². The van der Waals surface area contributed by atoms with E-state index in [-0.39, 0.29) is 5.97 Å². The summed E-state index contributed by atoms with van der Waals surface area (Å²) in [5, 5.41) is 0. The Bertz CT molecular complexity index is 390. The molecule has 20 heavy (non-hydrogen) atoms. The summed E-state index contributed by atoms with van der Waals surface area (Å²) in [5.41, 5.74) is 0.610. The average molecular weight is 341 g/mol. The molecule has 0 aliphatic heterocycles. The number of hydrogen-bond donors (Lipinski definition) is 0. The van der Waals surface area contributed by atoms with Crippen molar-refractivity contribution < 1.29 is 9.53 Å². The molecule has 1 rings (SSSR count). The van der Waals surface area contributed by atoms with Crippen molar-refractivity contribution in [3.05, 3.63) is 34.3 Å². The first-order valence-electron chi connectivity index (χ1n) is 7.66. The van der Waals surface area contributed by atoms with E-state index in [1.807, 2.05) is 12.1 Å². The summed E-state index contributed by atoms with van der Waals surface area (Å²) in [7, 11) is 0. The van der Waals surface area contributed by atoms with Gasteiger partial charge in [-0.25, -0.2) is 4.79 Å². The summed E-state index contributed by atoms with van der Waals surface area (Å²) in [5.74, 6) is -0.228. The van der Waals surface area contributed by atoms with Crippen LogP contribution in [-0.4, -0.2) is 12.6 Å². The fraction of sp³-hybridized carbons (Fsp3) is 0.588. The van der Waals surface area contributed by atoms with Crippen LogP contribution in [0.4, 0.5) is 0 Å². The van der Waals surface area contributed by atoms with E-state index in [1.165, 1.54) is 38.5 Å². The lowest BCUT2D eigenvalue weighted by Gasteiger charge is -2.05. The van der Waals surface area contributed by atoms with Gasteiger partial charge in [-0.2, -0.15) is 0 Å². The minimum atomic E-state index is -0.228. The van der Waals surface area contributed by atoms with Gasteiger partial charge in [0, 0.05) is 4.47 Å². The molecule has 0 fully saturated rings. The number of esters is 1. The molecule has 0 saturated heterocycles. The van der Waals surface area contributed by atoms with E-state index in [9.17, 15) is 4.79 Å². The Morgan fingerprint density at radius 2 is 1.70 bits per heavy atom. The molecule has 2 nitrogen and oxygen atoms in total. The van der Waals surface area contributed by atoms with E-state index >= 15 is 0 Å². The number of rotatable bonds is 10. The van der Waals surface area contributed by atoms with Gasteiger partial charge in [-0.1, -0.05) is 73.9 Å². The molecule has 0 saturated carbocycles. The molecule has 112 valence electrons. The van der Waals surface area contributed by atoms with Gasteiger partial charge in [-0.15, -0.1) is 0 Å². The van der Waals surface area contributed by atoms with Crippen LogP contribution in [0.15, 0.2) is 28.7 Å². The normalized spacial score (nSPS) is 10.5. The maximum absolute atomic E-state index is 11.8. The van der Waals surface area contributed by atoms with E-state index in [0.717, 1.165) is 17.3 Å². The molecule has 0 amide bonds. The highest BCUT2D eigenvalue weighted by molar-refractivity contribution is 9.10. The lowest BCUT2D eigenvalue weighted by molar-refractivity contribution is 0.0497. The largest absolute Gasteiger partial charge is 0.462 e. The van der Waals surface area contributed by atoms with Crippen molar-refractivity contribution in [2.24, 2.45) is 0 Å². The van der Waals surface area contributed by atoms with E-state index in [1.54, 1.807) is 12.1 Å². The summed E-state index contributed by atoms with van der Waals surface area (Å²) in [6, 6.07) is 7.31. The second kappa shape index (κ2) is 10.9. The summed E-state index contributed by atoms with van der Waals surface area (Å²) in [4.78, 5) is 11.8. The summed E-state index contributed by atoms with van der Waals surface area (Å²) in [6.07, 6.45) is 10.0. The van der Waals surface area contributed by atoms with Crippen LogP contribution in [0.1, 0.15) is 68.6 Å². The van der Waals surface area contributed by atoms with Gasteiger partial charge in [-0.3, -0.25) is 0 Å². The van der Waals surface area contributed by atoms with E-state index in [0.29, 0.717) is 12.2 Å². The van der Waals surface area contributed by atoms with Crippen LogP contribution in [0.2, 0.25) is 0 Å². The highest BCUT2D eigenvalue weighted by atomic mass is 79.9. The summed E-state index contributed by atoms with van der Waals surface area (Å²) >= 11 is 3.35. The highest BCUT2D eigenvalue weighted by Crippen LogP contribution is 2.13. The molecular weight excluding hydrogens is 316 g/mol. The predicted molar refractivity (Wildman–Crippen MR) is 87.0 cm³/mol. The number of hydrogen-bond acceptors (Lipinski definition) is 2. The number of benzene rings is 1. The minimum absolute atomic E-state index is 0.228. The van der Waals surface area contributed by atoms with Crippen LogP contribution in [-0.2, 0) is 4.74 Å². The molecular formula is C17H25BrO2. The van der Waals surface area contributed by atoms with Gasteiger partial charge in [0.05, 0.1) is 12.2 Å². The molecule has 0 heterocycles. The number of ether oxygens (including phenoxy) is 1. The lowest BCUT2D eigenvalue weighted by atomic mass is 10.1. The Morgan fingerprint density at radius 3 is 2.35 bits per heavy atom. The molecule has 0 atom stereocenters. The SMILES string of the molecule is CCCCCCCCCCOC(=O)c1cccc(Br)c1. The van der Waals surface area contributed by atoms with Crippen molar-refractivity contribution in [1.82, 2.24) is 0 Å². The Labute approximate surface area is 131 Å². The number of unbranched alkanes of at least 4 members (excludes halogenated alkanes) is 7. The maximum atomic E-state index is 11.8. The van der Waals surface area contributed by atoms with Gasteiger partial charge < -0.3 is 4.74 Å². The Balaban J connectivity index is 2.02. The van der Waals surface area contributed by atoms with E-state index in [2.05, 4.69) is 22.9 Å². The molecule has 0 spiro atoms. The number of halogens is 1. The van der Waals surface area contributed by atoms with Gasteiger partial charge in [-0.05, 0) is 24.6 Å². The molecule has 0 aliphatic carbocycles. The van der Waals surface area contributed by atoms with E-state index < -0.39 is 0 Å². The van der Waals surface area contributed by atoms with Gasteiger partial charge >= 0.3 is 5.97 Å². The minimum Gasteiger partial charge on any atom is -0.462 e. The van der Waals surface area contributed by atoms with Crippen LogP contribution in [0.5, 0.6) is 0 Å². The smallest absolute Gasteiger partial charge is 0.338 e. The van der Waals surface area contributed by atoms with Crippen LogP contribution in [0.25, 0.3) is 0 Å². The van der Waals surface area contributed by atoms with Crippen molar-refractivity contribution in [3.8, 4) is 0 Å². The highest BCUT2D eigenvalue weighted by Gasteiger charge is 2.06. The van der Waals surface area contributed by atoms with Crippen molar-refractivity contribution in [2.75, 3.05) is 6.61 Å². The summed E-state index contributed by atoms with van der Waals surface area (Å²) in [6.45, 7) is 2.76. The third-order valence-corrected chi connectivity index (χ3v) is 3.78. The van der Waals surface area contributed by atoms with E-state index in [4.69, 9.17) is 4.74 Å². The number of carbonyl (C=O) groups is 1. The molecule has 0 N–H and O–H groups in total. The third kappa shape index (κ3) is 7.68. The Hall–Kier alpha value is -0.830. The lowest BCUT2D eigenvalue weighted by Crippen LogP contribution is -2.06. The monoisotopic (exact) mass is 340 g/mol. The molecule has 0 bridgehead atoms. The topological polar surface area (TPSA) is 26.3 Å². The van der Waals surface area contributed by atoms with Gasteiger partial charge in [0.1, 0.15) is 0 Å². The quantitative estimate of drug-likeness (QED) is 0.400. The van der Waals surface area contributed by atoms with Crippen molar-refractivity contribution >= 4 is 21.9 Å². The number of carbonyl (C=O) groups excluding carboxylic acids is 1. The van der Waals surface area contributed by atoms with Gasteiger partial charge in [0.25, 0.3) is 0 Å². The zero-order chi connectivity index (χ0) is 14.6. The van der Waals surface area contributed by atoms with Crippen LogP contribution < -0.4 is 0 Å². The Morgan fingerprint density at radius 1 is 1.05 bits per heavy atom. The second-order valence-electron chi connectivity index (χ2n) is 5.12. The average Bonchev–Trinajstić information content (AvgIpc) is 2.45. The van der Waals surface area contributed by atoms with Crippen LogP contribution in [0.3, 0.4) is 0 Å². The predicted octanol–water partition coefficient (Wildman–Crippen LogP) is 5.75. The van der Waals surface area contributed by atoms with Gasteiger partial charge in [0.15, 0.2) is 0 Å². The molecule has 3 heteroatoms. The van der Waals surface area contributed by atoms with Crippen molar-refractivity contribution in [2.45, 2.75) is 58.3 Å². The molecule has 0 unspecified atom stereocenters. The fourth-order valence-electron chi connectivity index (χ4n) is 2.10. The fourth-order valence-corrected chi connectivity index (χ4v) is 2.50. The first kappa shape index (κ1) is 17.2. The molecule has 0 radical (unpaired) electrons. The first-order chi connectivity index (χ1) is 9.74. The second-order valence-corrected chi connectivity index (χ2v) is 6.04. The van der Waals surface area contributed by atoms with Crippen molar-refractivity contribution in [3.63, 3.8) is 0 Å².